The minimum atomic E-state index is -0.151. The molecule has 0 bridgehead atoms. The van der Waals surface area contributed by atoms with Crippen LogP contribution in [-0.4, -0.2) is 36.6 Å². The van der Waals surface area contributed by atoms with Gasteiger partial charge in [0, 0.05) is 23.8 Å². The van der Waals surface area contributed by atoms with Gasteiger partial charge >= 0.3 is 0 Å². The topological polar surface area (TPSA) is 36.4 Å². The third kappa shape index (κ3) is 5.25. The fourth-order valence-electron chi connectivity index (χ4n) is 3.11. The molecule has 2 aliphatic rings. The normalized spacial score (nSPS) is 22.4. The zero-order valence-corrected chi connectivity index (χ0v) is 17.3. The van der Waals surface area contributed by atoms with E-state index in [1.54, 1.807) is 12.1 Å². The van der Waals surface area contributed by atoms with E-state index in [0.717, 1.165) is 43.2 Å². The van der Waals surface area contributed by atoms with Crippen LogP contribution in [0.1, 0.15) is 38.2 Å². The molecule has 134 valence electrons. The minimum absolute atomic E-state index is 0. The molecule has 1 saturated carbocycles. The van der Waals surface area contributed by atoms with Crippen LogP contribution in [0.25, 0.3) is 0 Å². The first-order chi connectivity index (χ1) is 11.2. The van der Waals surface area contributed by atoms with Gasteiger partial charge in [0.05, 0.1) is 6.54 Å². The molecule has 1 aromatic carbocycles. The third-order valence-corrected chi connectivity index (χ3v) is 5.89. The van der Waals surface area contributed by atoms with Crippen LogP contribution in [-0.2, 0) is 5.41 Å². The van der Waals surface area contributed by atoms with Crippen LogP contribution < -0.4 is 10.6 Å². The lowest BCUT2D eigenvalue weighted by atomic mass is 9.96. The number of guanidine groups is 1. The van der Waals surface area contributed by atoms with Crippen molar-refractivity contribution in [3.05, 3.63) is 35.6 Å². The molecule has 24 heavy (non-hydrogen) atoms. The van der Waals surface area contributed by atoms with Crippen LogP contribution in [0.3, 0.4) is 0 Å². The van der Waals surface area contributed by atoms with E-state index >= 15 is 0 Å². The number of thioether (sulfide) groups is 1. The van der Waals surface area contributed by atoms with Crippen LogP contribution in [0, 0.1) is 5.82 Å². The SMILES string of the molecule is CCNC(=NCC1(c2cccc(F)c2)CC1)NC1CCCSC1.I. The predicted octanol–water partition coefficient (Wildman–Crippen LogP) is 3.93. The molecule has 1 unspecified atom stereocenters. The summed E-state index contributed by atoms with van der Waals surface area (Å²) >= 11 is 2.01. The molecule has 0 amide bonds. The number of nitrogens with zero attached hydrogens (tertiary/aromatic N) is 1. The molecule has 1 aliphatic carbocycles. The maximum Gasteiger partial charge on any atom is 0.191 e. The van der Waals surface area contributed by atoms with E-state index in [2.05, 4.69) is 17.6 Å². The Morgan fingerprint density at radius 1 is 1.42 bits per heavy atom. The molecule has 3 nitrogen and oxygen atoms in total. The van der Waals surface area contributed by atoms with Gasteiger partial charge in [-0.15, -0.1) is 24.0 Å². The van der Waals surface area contributed by atoms with E-state index in [1.165, 1.54) is 24.7 Å². The van der Waals surface area contributed by atoms with Gasteiger partial charge in [-0.3, -0.25) is 4.99 Å². The lowest BCUT2D eigenvalue weighted by Crippen LogP contribution is -2.45. The molecule has 6 heteroatoms. The second-order valence-electron chi connectivity index (χ2n) is 6.54. The van der Waals surface area contributed by atoms with Crippen LogP contribution >= 0.6 is 35.7 Å². The average Bonchev–Trinajstić information content (AvgIpc) is 3.35. The summed E-state index contributed by atoms with van der Waals surface area (Å²) in [7, 11) is 0. The van der Waals surface area contributed by atoms with Gasteiger partial charge in [-0.05, 0) is 56.1 Å². The second-order valence-corrected chi connectivity index (χ2v) is 7.69. The van der Waals surface area contributed by atoms with Crippen molar-refractivity contribution in [3.8, 4) is 0 Å². The lowest BCUT2D eigenvalue weighted by Gasteiger charge is -2.25. The number of aliphatic imine (C=N–C) groups is 1. The van der Waals surface area contributed by atoms with Crippen molar-refractivity contribution < 1.29 is 4.39 Å². The van der Waals surface area contributed by atoms with E-state index in [4.69, 9.17) is 4.99 Å². The minimum Gasteiger partial charge on any atom is -0.357 e. The van der Waals surface area contributed by atoms with Gasteiger partial charge < -0.3 is 10.6 Å². The first-order valence-electron chi connectivity index (χ1n) is 8.60. The number of nitrogens with one attached hydrogen (secondary N) is 2. The zero-order chi connectivity index (χ0) is 16.1. The fourth-order valence-corrected chi connectivity index (χ4v) is 4.18. The summed E-state index contributed by atoms with van der Waals surface area (Å²) in [6, 6.07) is 7.52. The maximum absolute atomic E-state index is 13.5. The van der Waals surface area contributed by atoms with Gasteiger partial charge in [-0.2, -0.15) is 11.8 Å². The Balaban J connectivity index is 0.00000208. The molecule has 1 aromatic rings. The van der Waals surface area contributed by atoms with Crippen LogP contribution in [0.2, 0.25) is 0 Å². The molecule has 1 aliphatic heterocycles. The molecule has 1 heterocycles. The van der Waals surface area contributed by atoms with Crippen LogP contribution in [0.4, 0.5) is 4.39 Å². The highest BCUT2D eigenvalue weighted by Gasteiger charge is 2.44. The van der Waals surface area contributed by atoms with Crippen molar-refractivity contribution in [3.63, 3.8) is 0 Å². The molecular formula is C18H27FIN3S. The summed E-state index contributed by atoms with van der Waals surface area (Å²) in [5.74, 6) is 3.18. The zero-order valence-electron chi connectivity index (χ0n) is 14.2. The number of halogens is 2. The maximum atomic E-state index is 13.5. The highest BCUT2D eigenvalue weighted by Crippen LogP contribution is 2.48. The Hall–Kier alpha value is -0.500. The Kier molecular flexibility index (Phi) is 7.65. The van der Waals surface area contributed by atoms with Crippen molar-refractivity contribution >= 4 is 41.7 Å². The molecule has 0 spiro atoms. The van der Waals surface area contributed by atoms with E-state index in [1.807, 2.05) is 17.8 Å². The van der Waals surface area contributed by atoms with Crippen molar-refractivity contribution in [1.29, 1.82) is 0 Å². The summed E-state index contributed by atoms with van der Waals surface area (Å²) < 4.78 is 13.5. The van der Waals surface area contributed by atoms with Gasteiger partial charge in [-0.25, -0.2) is 4.39 Å². The van der Waals surface area contributed by atoms with Gasteiger partial charge in [0.15, 0.2) is 5.96 Å². The summed E-state index contributed by atoms with van der Waals surface area (Å²) in [4.78, 5) is 4.81. The summed E-state index contributed by atoms with van der Waals surface area (Å²) in [6.07, 6.45) is 4.68. The van der Waals surface area contributed by atoms with Crippen LogP contribution in [0.15, 0.2) is 29.3 Å². The van der Waals surface area contributed by atoms with E-state index in [-0.39, 0.29) is 35.2 Å². The van der Waals surface area contributed by atoms with Gasteiger partial charge in [0.1, 0.15) is 5.82 Å². The molecule has 2 N–H and O–H groups in total. The molecule has 0 aromatic heterocycles. The number of hydrogen-bond donors (Lipinski definition) is 2. The Morgan fingerprint density at radius 3 is 2.88 bits per heavy atom. The quantitative estimate of drug-likeness (QED) is 0.395. The smallest absolute Gasteiger partial charge is 0.191 e. The fraction of sp³-hybridized carbons (Fsp3) is 0.611. The second kappa shape index (κ2) is 9.27. The molecule has 2 fully saturated rings. The van der Waals surface area contributed by atoms with E-state index in [0.29, 0.717) is 6.04 Å². The Bertz CT molecular complexity index is 557. The van der Waals surface area contributed by atoms with Crippen molar-refractivity contribution in [2.24, 2.45) is 4.99 Å². The average molecular weight is 463 g/mol. The Morgan fingerprint density at radius 2 is 2.25 bits per heavy atom. The molecule has 3 rings (SSSR count). The lowest BCUT2D eigenvalue weighted by molar-refractivity contribution is 0.578. The van der Waals surface area contributed by atoms with Gasteiger partial charge in [-0.1, -0.05) is 12.1 Å². The summed E-state index contributed by atoms with van der Waals surface area (Å²) in [5, 5.41) is 6.91. The van der Waals surface area contributed by atoms with Gasteiger partial charge in [0.2, 0.25) is 0 Å². The standard InChI is InChI=1S/C18H26FN3S.HI/c1-2-20-17(22-16-7-4-10-23-12-16)21-13-18(8-9-18)14-5-3-6-15(19)11-14;/h3,5-6,11,16H,2,4,7-10,12-13H2,1H3,(H2,20,21,22);1H. The summed E-state index contributed by atoms with van der Waals surface area (Å²) in [6.45, 7) is 3.68. The third-order valence-electron chi connectivity index (χ3n) is 4.68. The molecular weight excluding hydrogens is 436 g/mol. The highest BCUT2D eigenvalue weighted by molar-refractivity contribution is 14.0. The largest absolute Gasteiger partial charge is 0.357 e. The molecule has 1 atom stereocenters. The van der Waals surface area contributed by atoms with E-state index < -0.39 is 0 Å². The van der Waals surface area contributed by atoms with Gasteiger partial charge in [0.25, 0.3) is 0 Å². The molecule has 0 radical (unpaired) electrons. The number of benzene rings is 1. The number of rotatable bonds is 5. The first-order valence-corrected chi connectivity index (χ1v) is 9.76. The van der Waals surface area contributed by atoms with Crippen molar-refractivity contribution in [2.75, 3.05) is 24.6 Å². The molecule has 1 saturated heterocycles. The Labute approximate surface area is 165 Å². The highest BCUT2D eigenvalue weighted by atomic mass is 127. The van der Waals surface area contributed by atoms with Crippen molar-refractivity contribution in [2.45, 2.75) is 44.1 Å². The van der Waals surface area contributed by atoms with Crippen molar-refractivity contribution in [1.82, 2.24) is 10.6 Å². The first kappa shape index (κ1) is 19.8. The van der Waals surface area contributed by atoms with Crippen LogP contribution in [0.5, 0.6) is 0 Å². The number of hydrogen-bond acceptors (Lipinski definition) is 2. The monoisotopic (exact) mass is 463 g/mol. The van der Waals surface area contributed by atoms with E-state index in [9.17, 15) is 4.39 Å². The predicted molar refractivity (Wildman–Crippen MR) is 112 cm³/mol. The summed E-state index contributed by atoms with van der Waals surface area (Å²) in [5.41, 5.74) is 1.14.